The van der Waals surface area contributed by atoms with Crippen LogP contribution in [-0.4, -0.2) is 17.9 Å². The molecule has 0 saturated carbocycles. The fourth-order valence-electron chi connectivity index (χ4n) is 1.78. The first-order valence-electron chi connectivity index (χ1n) is 6.70. The number of rotatable bonds is 4. The van der Waals surface area contributed by atoms with Gasteiger partial charge in [-0.15, -0.1) is 0 Å². The molecule has 0 aliphatic rings. The Morgan fingerprint density at radius 1 is 1.18 bits per heavy atom. The van der Waals surface area contributed by atoms with Gasteiger partial charge < -0.3 is 15.8 Å². The van der Waals surface area contributed by atoms with Gasteiger partial charge >= 0.3 is 0 Å². The van der Waals surface area contributed by atoms with Gasteiger partial charge in [0.2, 0.25) is 0 Å². The smallest absolute Gasteiger partial charge is 0.191 e. The summed E-state index contributed by atoms with van der Waals surface area (Å²) in [5.74, 6) is 0.759. The Morgan fingerprint density at radius 3 is 2.59 bits per heavy atom. The first kappa shape index (κ1) is 15.8. The van der Waals surface area contributed by atoms with Crippen molar-refractivity contribution in [2.75, 3.05) is 18.2 Å². The molecule has 0 unspecified atom stereocenters. The monoisotopic (exact) mass is 314 g/mol. The fourth-order valence-corrected chi connectivity index (χ4v) is 1.95. The Bertz CT molecular complexity index is 683. The maximum absolute atomic E-state index is 5.66. The van der Waals surface area contributed by atoms with Crippen molar-refractivity contribution in [1.29, 1.82) is 0 Å². The van der Waals surface area contributed by atoms with Gasteiger partial charge in [0, 0.05) is 17.4 Å². The van der Waals surface area contributed by atoms with Crippen LogP contribution in [0.4, 0.5) is 11.4 Å². The molecule has 22 heavy (non-hydrogen) atoms. The zero-order valence-corrected chi connectivity index (χ0v) is 13.3. The lowest BCUT2D eigenvalue weighted by atomic mass is 10.1. The van der Waals surface area contributed by atoms with Gasteiger partial charge in [-0.25, -0.2) is 0 Å². The summed E-state index contributed by atoms with van der Waals surface area (Å²) in [5, 5.41) is 7.71. The quantitative estimate of drug-likeness (QED) is 0.350. The van der Waals surface area contributed by atoms with Crippen LogP contribution in [0.5, 0.6) is 5.75 Å². The van der Waals surface area contributed by atoms with E-state index in [9.17, 15) is 0 Å². The van der Waals surface area contributed by atoms with Crippen molar-refractivity contribution in [3.05, 3.63) is 54.1 Å². The van der Waals surface area contributed by atoms with Gasteiger partial charge in [0.25, 0.3) is 0 Å². The molecular weight excluding hydrogens is 296 g/mol. The summed E-state index contributed by atoms with van der Waals surface area (Å²) < 4.78 is 5.16. The number of benzene rings is 2. The van der Waals surface area contributed by atoms with Gasteiger partial charge in [0.15, 0.2) is 5.11 Å². The first-order chi connectivity index (χ1) is 10.6. The SMILES string of the molecule is COc1cccc(NC(=S)N/N=C(/C)c2ccc(N)cc2)c1. The van der Waals surface area contributed by atoms with Gasteiger partial charge in [0.05, 0.1) is 12.8 Å². The number of methoxy groups -OCH3 is 1. The summed E-state index contributed by atoms with van der Waals surface area (Å²) in [6, 6.07) is 15.0. The summed E-state index contributed by atoms with van der Waals surface area (Å²) in [6.07, 6.45) is 0. The highest BCUT2D eigenvalue weighted by Crippen LogP contribution is 2.16. The fraction of sp³-hybridized carbons (Fsp3) is 0.125. The summed E-state index contributed by atoms with van der Waals surface area (Å²) in [4.78, 5) is 0. The van der Waals surface area contributed by atoms with Crippen LogP contribution in [0.3, 0.4) is 0 Å². The highest BCUT2D eigenvalue weighted by Gasteiger charge is 2.00. The summed E-state index contributed by atoms with van der Waals surface area (Å²) in [5.41, 5.74) is 11.8. The number of thiocarbonyl (C=S) groups is 1. The van der Waals surface area contributed by atoms with E-state index in [1.54, 1.807) is 7.11 Å². The third-order valence-electron chi connectivity index (χ3n) is 2.98. The van der Waals surface area contributed by atoms with Crippen LogP contribution in [0.2, 0.25) is 0 Å². The van der Waals surface area contributed by atoms with Crippen LogP contribution in [0, 0.1) is 0 Å². The molecule has 0 atom stereocenters. The van der Waals surface area contributed by atoms with Crippen molar-refractivity contribution >= 4 is 34.4 Å². The molecule has 6 heteroatoms. The lowest BCUT2D eigenvalue weighted by Crippen LogP contribution is -2.24. The molecule has 2 aromatic rings. The van der Waals surface area contributed by atoms with E-state index >= 15 is 0 Å². The molecule has 2 rings (SSSR count). The minimum absolute atomic E-state index is 0.406. The van der Waals surface area contributed by atoms with Gasteiger partial charge in [-0.05, 0) is 49.0 Å². The molecule has 2 aromatic carbocycles. The van der Waals surface area contributed by atoms with E-state index in [1.807, 2.05) is 55.5 Å². The third kappa shape index (κ3) is 4.46. The summed E-state index contributed by atoms with van der Waals surface area (Å²) in [7, 11) is 1.62. The second kappa shape index (κ2) is 7.42. The maximum atomic E-state index is 5.66. The largest absolute Gasteiger partial charge is 0.497 e. The number of anilines is 2. The average molecular weight is 314 g/mol. The number of hydrogen-bond acceptors (Lipinski definition) is 4. The number of nitrogen functional groups attached to an aromatic ring is 1. The normalized spacial score (nSPS) is 10.9. The Balaban J connectivity index is 1.96. The zero-order chi connectivity index (χ0) is 15.9. The molecule has 0 amide bonds. The van der Waals surface area contributed by atoms with Gasteiger partial charge in [-0.3, -0.25) is 5.43 Å². The van der Waals surface area contributed by atoms with Crippen molar-refractivity contribution in [3.8, 4) is 5.75 Å². The standard InChI is InChI=1S/C16H18N4OS/c1-11(12-6-8-13(17)9-7-12)19-20-16(22)18-14-4-3-5-15(10-14)21-2/h3-10H,17H2,1-2H3,(H2,18,20,22)/b19-11-. The molecule has 0 saturated heterocycles. The Morgan fingerprint density at radius 2 is 1.91 bits per heavy atom. The second-order valence-electron chi connectivity index (χ2n) is 4.62. The third-order valence-corrected chi connectivity index (χ3v) is 3.17. The summed E-state index contributed by atoms with van der Waals surface area (Å²) >= 11 is 5.21. The summed E-state index contributed by atoms with van der Waals surface area (Å²) in [6.45, 7) is 1.90. The lowest BCUT2D eigenvalue weighted by Gasteiger charge is -2.09. The van der Waals surface area contributed by atoms with Crippen LogP contribution in [0.25, 0.3) is 0 Å². The van der Waals surface area contributed by atoms with Crippen LogP contribution < -0.4 is 21.2 Å². The molecule has 0 heterocycles. The molecule has 114 valence electrons. The van der Waals surface area contributed by atoms with E-state index in [1.165, 1.54) is 0 Å². The van der Waals surface area contributed by atoms with Crippen LogP contribution in [0.1, 0.15) is 12.5 Å². The maximum Gasteiger partial charge on any atom is 0.191 e. The van der Waals surface area contributed by atoms with E-state index in [0.29, 0.717) is 5.11 Å². The molecule has 0 aliphatic carbocycles. The van der Waals surface area contributed by atoms with Crippen LogP contribution in [-0.2, 0) is 0 Å². The number of ether oxygens (including phenoxy) is 1. The highest BCUT2D eigenvalue weighted by molar-refractivity contribution is 7.80. The Labute approximate surface area is 135 Å². The van der Waals surface area contributed by atoms with Gasteiger partial charge in [-0.2, -0.15) is 5.10 Å². The van der Waals surface area contributed by atoms with E-state index in [-0.39, 0.29) is 0 Å². The number of nitrogens with one attached hydrogen (secondary N) is 2. The van der Waals surface area contributed by atoms with E-state index < -0.39 is 0 Å². The molecule has 0 bridgehead atoms. The predicted octanol–water partition coefficient (Wildman–Crippen LogP) is 2.99. The molecule has 0 spiro atoms. The lowest BCUT2D eigenvalue weighted by molar-refractivity contribution is 0.415. The van der Waals surface area contributed by atoms with Crippen molar-refractivity contribution in [2.45, 2.75) is 6.92 Å². The minimum Gasteiger partial charge on any atom is -0.497 e. The number of hydrazone groups is 1. The number of nitrogens with two attached hydrogens (primary N) is 1. The Hall–Kier alpha value is -2.60. The highest BCUT2D eigenvalue weighted by atomic mass is 32.1. The second-order valence-corrected chi connectivity index (χ2v) is 5.03. The van der Waals surface area contributed by atoms with Crippen molar-refractivity contribution in [3.63, 3.8) is 0 Å². The first-order valence-corrected chi connectivity index (χ1v) is 7.10. The van der Waals surface area contributed by atoms with Crippen molar-refractivity contribution in [1.82, 2.24) is 5.43 Å². The topological polar surface area (TPSA) is 71.7 Å². The average Bonchev–Trinajstić information content (AvgIpc) is 2.53. The van der Waals surface area contributed by atoms with E-state index in [4.69, 9.17) is 22.7 Å². The van der Waals surface area contributed by atoms with E-state index in [2.05, 4.69) is 15.8 Å². The predicted molar refractivity (Wildman–Crippen MR) is 95.4 cm³/mol. The zero-order valence-electron chi connectivity index (χ0n) is 12.5. The van der Waals surface area contributed by atoms with E-state index in [0.717, 1.165) is 28.4 Å². The number of hydrogen-bond donors (Lipinski definition) is 3. The van der Waals surface area contributed by atoms with Gasteiger partial charge in [-0.1, -0.05) is 18.2 Å². The van der Waals surface area contributed by atoms with Gasteiger partial charge in [0.1, 0.15) is 5.75 Å². The minimum atomic E-state index is 0.406. The van der Waals surface area contributed by atoms with Crippen LogP contribution in [0.15, 0.2) is 53.6 Å². The van der Waals surface area contributed by atoms with Crippen molar-refractivity contribution < 1.29 is 4.74 Å². The molecule has 0 fully saturated rings. The molecule has 0 aliphatic heterocycles. The number of nitrogens with zero attached hydrogens (tertiary/aromatic N) is 1. The molecule has 0 aromatic heterocycles. The molecule has 5 nitrogen and oxygen atoms in total. The Kier molecular flexibility index (Phi) is 5.32. The molecular formula is C16H18N4OS. The molecule has 0 radical (unpaired) electrons. The van der Waals surface area contributed by atoms with Crippen LogP contribution >= 0.6 is 12.2 Å². The van der Waals surface area contributed by atoms with Crippen molar-refractivity contribution in [2.24, 2.45) is 5.10 Å². The molecule has 4 N–H and O–H groups in total.